The molecule has 0 spiro atoms. The Kier molecular flexibility index (Phi) is 2.60. The number of rotatable bonds is 0. The molecule has 12 heavy (non-hydrogen) atoms. The standard InChI is InChI=1S/C10H19NS/c1-9(2,3)8-6-7-12-11-10(8,4)5/h6-8,11H,1-5H3. The van der Waals surface area contributed by atoms with Gasteiger partial charge < -0.3 is 0 Å². The molecule has 1 aliphatic heterocycles. The minimum Gasteiger partial charge on any atom is -0.254 e. The predicted molar refractivity (Wildman–Crippen MR) is 56.9 cm³/mol. The quantitative estimate of drug-likeness (QED) is 0.582. The molecule has 1 rings (SSSR count). The summed E-state index contributed by atoms with van der Waals surface area (Å²) in [6.45, 7) is 11.4. The summed E-state index contributed by atoms with van der Waals surface area (Å²) >= 11 is 1.69. The molecule has 0 radical (unpaired) electrons. The van der Waals surface area contributed by atoms with Crippen molar-refractivity contribution in [2.75, 3.05) is 0 Å². The van der Waals surface area contributed by atoms with Crippen molar-refractivity contribution < 1.29 is 0 Å². The molecule has 70 valence electrons. The maximum absolute atomic E-state index is 3.44. The van der Waals surface area contributed by atoms with E-state index < -0.39 is 0 Å². The van der Waals surface area contributed by atoms with Gasteiger partial charge in [0.1, 0.15) is 0 Å². The largest absolute Gasteiger partial charge is 0.254 e. The van der Waals surface area contributed by atoms with E-state index in [4.69, 9.17) is 0 Å². The van der Waals surface area contributed by atoms with Crippen LogP contribution in [0.15, 0.2) is 11.5 Å². The molecule has 0 fully saturated rings. The van der Waals surface area contributed by atoms with Gasteiger partial charge in [0.05, 0.1) is 0 Å². The van der Waals surface area contributed by atoms with Gasteiger partial charge in [-0.2, -0.15) is 0 Å². The van der Waals surface area contributed by atoms with E-state index in [0.29, 0.717) is 11.3 Å². The summed E-state index contributed by atoms with van der Waals surface area (Å²) < 4.78 is 3.44. The van der Waals surface area contributed by atoms with Crippen molar-refractivity contribution in [1.29, 1.82) is 0 Å². The zero-order chi connectivity index (χ0) is 9.41. The first kappa shape index (κ1) is 10.1. The zero-order valence-electron chi connectivity index (χ0n) is 8.64. The molecule has 0 saturated heterocycles. The number of nitrogens with one attached hydrogen (secondary N) is 1. The van der Waals surface area contributed by atoms with Gasteiger partial charge in [-0.1, -0.05) is 38.8 Å². The van der Waals surface area contributed by atoms with Crippen molar-refractivity contribution >= 4 is 11.9 Å². The molecule has 0 amide bonds. The molecule has 0 aromatic carbocycles. The zero-order valence-corrected chi connectivity index (χ0v) is 9.46. The molecule has 0 bridgehead atoms. The smallest absolute Gasteiger partial charge is 0.0297 e. The highest BCUT2D eigenvalue weighted by atomic mass is 32.2. The van der Waals surface area contributed by atoms with Gasteiger partial charge in [0.15, 0.2) is 0 Å². The lowest BCUT2D eigenvalue weighted by atomic mass is 9.71. The van der Waals surface area contributed by atoms with Gasteiger partial charge in [-0.15, -0.1) is 0 Å². The van der Waals surface area contributed by atoms with Crippen LogP contribution in [0.4, 0.5) is 0 Å². The van der Waals surface area contributed by atoms with Crippen LogP contribution in [0.3, 0.4) is 0 Å². The van der Waals surface area contributed by atoms with Gasteiger partial charge in [-0.25, -0.2) is 0 Å². The average Bonchev–Trinajstić information content (AvgIpc) is 1.83. The first-order valence-electron chi connectivity index (χ1n) is 4.43. The molecular weight excluding hydrogens is 166 g/mol. The summed E-state index contributed by atoms with van der Waals surface area (Å²) in [4.78, 5) is 0. The van der Waals surface area contributed by atoms with Crippen LogP contribution in [-0.2, 0) is 0 Å². The summed E-state index contributed by atoms with van der Waals surface area (Å²) in [6, 6.07) is 0. The molecular formula is C10H19NS. The van der Waals surface area contributed by atoms with E-state index in [9.17, 15) is 0 Å². The molecule has 1 N–H and O–H groups in total. The van der Waals surface area contributed by atoms with Crippen LogP contribution in [0, 0.1) is 11.3 Å². The Bertz CT molecular complexity index is 189. The molecule has 0 aromatic heterocycles. The lowest BCUT2D eigenvalue weighted by molar-refractivity contribution is 0.187. The maximum atomic E-state index is 3.44. The molecule has 0 saturated carbocycles. The lowest BCUT2D eigenvalue weighted by Gasteiger charge is -2.43. The highest BCUT2D eigenvalue weighted by Crippen LogP contribution is 2.39. The molecule has 1 nitrogen and oxygen atoms in total. The minimum atomic E-state index is 0.206. The Morgan fingerprint density at radius 2 is 1.92 bits per heavy atom. The second kappa shape index (κ2) is 3.08. The average molecular weight is 185 g/mol. The summed E-state index contributed by atoms with van der Waals surface area (Å²) in [7, 11) is 0. The monoisotopic (exact) mass is 185 g/mol. The Balaban J connectivity index is 2.87. The Hall–Kier alpha value is 0.0500. The van der Waals surface area contributed by atoms with Crippen molar-refractivity contribution in [3.8, 4) is 0 Å². The summed E-state index contributed by atoms with van der Waals surface area (Å²) in [5.41, 5.74) is 0.547. The van der Waals surface area contributed by atoms with E-state index >= 15 is 0 Å². The highest BCUT2D eigenvalue weighted by Gasteiger charge is 2.37. The van der Waals surface area contributed by atoms with Crippen LogP contribution in [0.5, 0.6) is 0 Å². The third-order valence-electron chi connectivity index (χ3n) is 2.37. The molecule has 2 heteroatoms. The molecule has 0 aliphatic carbocycles. The summed E-state index contributed by atoms with van der Waals surface area (Å²) in [6.07, 6.45) is 2.32. The van der Waals surface area contributed by atoms with Crippen LogP contribution in [-0.4, -0.2) is 5.54 Å². The lowest BCUT2D eigenvalue weighted by Crippen LogP contribution is -2.48. The van der Waals surface area contributed by atoms with Gasteiger partial charge in [0.2, 0.25) is 0 Å². The highest BCUT2D eigenvalue weighted by molar-refractivity contribution is 8.00. The van der Waals surface area contributed by atoms with Crippen molar-refractivity contribution in [1.82, 2.24) is 4.72 Å². The van der Waals surface area contributed by atoms with Crippen molar-refractivity contribution in [3.05, 3.63) is 11.5 Å². The molecule has 0 aromatic rings. The van der Waals surface area contributed by atoms with E-state index in [2.05, 4.69) is 50.8 Å². The van der Waals surface area contributed by atoms with Gasteiger partial charge in [0, 0.05) is 11.5 Å². The second-order valence-electron chi connectivity index (χ2n) is 5.11. The fourth-order valence-electron chi connectivity index (χ4n) is 1.98. The first-order valence-corrected chi connectivity index (χ1v) is 5.31. The molecule has 1 heterocycles. The van der Waals surface area contributed by atoms with Crippen LogP contribution in [0.25, 0.3) is 0 Å². The normalized spacial score (nSPS) is 28.9. The minimum absolute atomic E-state index is 0.206. The topological polar surface area (TPSA) is 12.0 Å². The Labute approximate surface area is 80.1 Å². The van der Waals surface area contributed by atoms with Crippen LogP contribution < -0.4 is 4.72 Å². The summed E-state index contributed by atoms with van der Waals surface area (Å²) in [5, 5.41) is 2.15. The van der Waals surface area contributed by atoms with E-state index in [1.54, 1.807) is 11.9 Å². The van der Waals surface area contributed by atoms with Gasteiger partial charge in [-0.05, 0) is 24.7 Å². The fraction of sp³-hybridized carbons (Fsp3) is 0.800. The first-order chi connectivity index (χ1) is 5.34. The van der Waals surface area contributed by atoms with Gasteiger partial charge >= 0.3 is 0 Å². The molecule has 1 aliphatic rings. The van der Waals surface area contributed by atoms with Crippen LogP contribution in [0.1, 0.15) is 34.6 Å². The third kappa shape index (κ3) is 2.05. The Morgan fingerprint density at radius 1 is 1.33 bits per heavy atom. The van der Waals surface area contributed by atoms with Gasteiger partial charge in [0.25, 0.3) is 0 Å². The third-order valence-corrected chi connectivity index (χ3v) is 3.31. The van der Waals surface area contributed by atoms with Crippen molar-refractivity contribution in [2.45, 2.75) is 40.2 Å². The van der Waals surface area contributed by atoms with Crippen molar-refractivity contribution in [3.63, 3.8) is 0 Å². The Morgan fingerprint density at radius 3 is 2.25 bits per heavy atom. The van der Waals surface area contributed by atoms with E-state index in [1.807, 2.05) is 0 Å². The van der Waals surface area contributed by atoms with Crippen LogP contribution >= 0.6 is 11.9 Å². The van der Waals surface area contributed by atoms with Gasteiger partial charge in [-0.3, -0.25) is 4.72 Å². The number of hydrogen-bond donors (Lipinski definition) is 1. The maximum Gasteiger partial charge on any atom is 0.0297 e. The number of hydrogen-bond acceptors (Lipinski definition) is 2. The SMILES string of the molecule is CC(C)(C)C1C=CSNC1(C)C. The predicted octanol–water partition coefficient (Wildman–Crippen LogP) is 3.19. The fourth-order valence-corrected chi connectivity index (χ4v) is 2.71. The molecule has 1 atom stereocenters. The second-order valence-corrected chi connectivity index (χ2v) is 5.83. The van der Waals surface area contributed by atoms with Crippen molar-refractivity contribution in [2.24, 2.45) is 11.3 Å². The summed E-state index contributed by atoms with van der Waals surface area (Å²) in [5.74, 6) is 0.603. The molecule has 1 unspecified atom stereocenters. The van der Waals surface area contributed by atoms with E-state index in [-0.39, 0.29) is 5.54 Å². The van der Waals surface area contributed by atoms with Crippen LogP contribution in [0.2, 0.25) is 0 Å². The van der Waals surface area contributed by atoms with E-state index in [0.717, 1.165) is 0 Å². The van der Waals surface area contributed by atoms with E-state index in [1.165, 1.54) is 0 Å².